The number of thiol groups is 3. The summed E-state index contributed by atoms with van der Waals surface area (Å²) >= 11 is 67.1. The molecule has 0 atom stereocenters. The molecule has 76 heteroatoms. The molecule has 0 bridgehead atoms. The molecule has 0 spiro atoms. The van der Waals surface area contributed by atoms with Gasteiger partial charge in [-0.1, -0.05) is 133 Å². The molecule has 0 aliphatic rings. The highest BCUT2D eigenvalue weighted by molar-refractivity contribution is 7.80. The first kappa shape index (κ1) is 130. The van der Waals surface area contributed by atoms with Crippen molar-refractivity contribution in [3.63, 3.8) is 0 Å². The Hall–Kier alpha value is -18.1. The molecule has 0 aromatic carbocycles. The lowest BCUT2D eigenvalue weighted by atomic mass is 10.3. The summed E-state index contributed by atoms with van der Waals surface area (Å²) in [6, 6.07) is 13.3. The number of hydrogen-bond donors (Lipinski definition) is 30. The predicted molar refractivity (Wildman–Crippen MR) is 543 cm³/mol. The molecular formula is C74H59N31O30S15. The zero-order valence-corrected chi connectivity index (χ0v) is 85.3. The fraction of sp³-hybridized carbons (Fsp3) is 0. The van der Waals surface area contributed by atoms with Crippen LogP contribution in [-0.2, 0) is 0 Å². The van der Waals surface area contributed by atoms with E-state index in [9.17, 15) is 71.9 Å². The average Bonchev–Trinajstić information content (AvgIpc) is 0.897. The molecule has 15 heterocycles. The third-order valence-corrected chi connectivity index (χ3v) is 18.4. The van der Waals surface area contributed by atoms with Crippen molar-refractivity contribution in [3.8, 4) is 0 Å². The number of aromatic amines is 12. The van der Waals surface area contributed by atoms with E-state index in [-0.39, 0.29) is 140 Å². The molecule has 0 fully saturated rings. The summed E-state index contributed by atoms with van der Waals surface area (Å²) < 4.78 is 2.16. The van der Waals surface area contributed by atoms with Crippen molar-refractivity contribution in [1.29, 1.82) is 0 Å². The number of aromatic nitrogens is 31. The zero-order valence-electron chi connectivity index (χ0n) is 72.8. The van der Waals surface area contributed by atoms with Crippen LogP contribution >= 0.6 is 185 Å². The summed E-state index contributed by atoms with van der Waals surface area (Å²) in [4.78, 5) is 200. The lowest BCUT2D eigenvalue weighted by molar-refractivity contribution is 0.0673. The van der Waals surface area contributed by atoms with Crippen LogP contribution in [0.4, 0.5) is 0 Å². The third kappa shape index (κ3) is 51.9. The molecule has 15 aromatic rings. The predicted octanol–water partition coefficient (Wildman–Crippen LogP) is 10.8. The molecule has 0 aliphatic carbocycles. The molecule has 0 aliphatic heterocycles. The number of pyridine rings is 4. The van der Waals surface area contributed by atoms with Crippen LogP contribution in [0.2, 0.25) is 0 Å². The highest BCUT2D eigenvalue weighted by Gasteiger charge is 2.14. The number of aromatic carboxylic acids is 15. The highest BCUT2D eigenvalue weighted by Crippen LogP contribution is 2.12. The van der Waals surface area contributed by atoms with Crippen molar-refractivity contribution in [3.05, 3.63) is 319 Å². The van der Waals surface area contributed by atoms with E-state index < -0.39 is 89.5 Å². The fourth-order valence-corrected chi connectivity index (χ4v) is 10.4. The van der Waals surface area contributed by atoms with E-state index in [4.69, 9.17) is 101 Å². The van der Waals surface area contributed by atoms with Crippen molar-refractivity contribution in [1.82, 2.24) is 157 Å². The molecule has 61 nitrogen and oxygen atoms in total. The maximum Gasteiger partial charge on any atom is 0.372 e. The quantitative estimate of drug-likeness (QED) is 0.0335. The molecular weight excluding hydrogens is 2280 g/mol. The van der Waals surface area contributed by atoms with Crippen molar-refractivity contribution in [2.75, 3.05) is 0 Å². The van der Waals surface area contributed by atoms with Crippen molar-refractivity contribution < 1.29 is 149 Å². The monoisotopic (exact) mass is 2340 g/mol. The van der Waals surface area contributed by atoms with Crippen LogP contribution in [0.1, 0.15) is 157 Å². The Morgan fingerprint density at radius 2 is 0.860 bits per heavy atom. The van der Waals surface area contributed by atoms with Crippen molar-refractivity contribution >= 4 is 274 Å². The number of carboxylic acid groups (broad SMARTS) is 15. The van der Waals surface area contributed by atoms with Crippen LogP contribution in [0.15, 0.2) is 194 Å². The van der Waals surface area contributed by atoms with E-state index in [2.05, 4.69) is 317 Å². The average molecular weight is 2340 g/mol. The van der Waals surface area contributed by atoms with Crippen LogP contribution in [0, 0.1) is 55.4 Å². The van der Waals surface area contributed by atoms with Gasteiger partial charge < -0.3 is 102 Å². The number of H-pyrrole nitrogens is 12. The second-order valence-electron chi connectivity index (χ2n) is 23.8. The number of nitrogens with one attached hydrogen (secondary N) is 12. The molecule has 0 saturated heterocycles. The van der Waals surface area contributed by atoms with Gasteiger partial charge in [0.15, 0.2) is 43.6 Å². The Morgan fingerprint density at radius 3 is 1.26 bits per heavy atom. The molecule has 150 heavy (non-hydrogen) atoms. The molecule has 780 valence electrons. The van der Waals surface area contributed by atoms with Gasteiger partial charge >= 0.3 is 89.5 Å². The summed E-state index contributed by atoms with van der Waals surface area (Å²) in [5.41, 5.74) is -0.0984. The van der Waals surface area contributed by atoms with Gasteiger partial charge in [-0.15, -0.1) is 53.2 Å². The highest BCUT2D eigenvalue weighted by atomic mass is 32.1. The number of nitrogens with zero attached hydrogens (tertiary/aromatic N) is 19. The molecule has 27 N–H and O–H groups in total. The van der Waals surface area contributed by atoms with Gasteiger partial charge in [0.1, 0.15) is 52.7 Å². The Kier molecular flexibility index (Phi) is 61.1. The summed E-state index contributed by atoms with van der Waals surface area (Å²) in [5.74, 6) is -16.3. The van der Waals surface area contributed by atoms with Crippen LogP contribution < -0.4 is 0 Å². The maximum atomic E-state index is 10.3. The lowest BCUT2D eigenvalue weighted by Gasteiger charge is -1.94. The second-order valence-corrected chi connectivity index (χ2v) is 30.2. The van der Waals surface area contributed by atoms with Gasteiger partial charge in [-0.05, 0) is 73.0 Å². The Balaban J connectivity index is 0.000000804. The SMILES string of the molecule is O=C(O)c1c[nH]ccc1=S.O=C(O)c1c[nH]ncc1=S.O=C(O)c1cc(=S)nn[nH]1.O=C(O)c1ccc[nH]c1=S.O=C(O)c1ccn[nH]c1=S.O=C(O)c1ccncc1S.O=C(O)c1cn[nH]c(=S)n1.O=C(O)c1cnc[nH]c1=S.O=C(O)c1cnn[nH]c1=S.O=C(O)c1n[nH]ccc1=S.O=C(O)c1n[nH]ncc1=S.O=C(O)c1ncc[nH]c1=S.O=C(O)c1ncccc1S.O=C(O)c1ncnc(=S)[nH]1.O=C(O)c1ncncc1S. The molecule has 15 rings (SSSR count). The summed E-state index contributed by atoms with van der Waals surface area (Å²) in [6.45, 7) is 0. The third-order valence-electron chi connectivity index (χ3n) is 13.8. The summed E-state index contributed by atoms with van der Waals surface area (Å²) in [7, 11) is 0. The normalized spacial score (nSPS) is 9.22. The summed E-state index contributed by atoms with van der Waals surface area (Å²) in [6.07, 6.45) is 26.6. The standard InChI is InChI=1S/4C6H5NO2S.6C5H4N2O2S.5C4H3N3O2S/c8-6(9)4-3-7-2-1-5(4)10;8-6(9)4-1-2-7-3-5(4)10;8-6(9)5-4(10)2-1-3-7-5;8-6(9)4-2-1-3-7-5(4)10;8-5(9)4-3(10)1-6-2-7-4;8-5(9)3-1-6-2-7-4(3)10;8-5(9)3-1-6-7-2-4(3)10;8-5(9)3-4(10)7-2-1-6-3;8-5(9)4-3(10)1-2-6-7-4;8-5(9)3-1-2-6-7-4(3)10;8-3(9)2-5-1-6-4(10)7-2;8-3(9)2-1-5-7-4(10)6-2;8-4(9)3-2(10)1-5-7-6-3;8-4(9)2-1-5-7-6-3(2)10;8-4(9)2-1-3(10)6-7-5-2/h1-3H,(H,7,10)(H,8,9);2*1-3,10H,(H,8,9);1-3H,(H,7,10)(H,8,9);1-2,10H,(H,8,9);1-2H,(H,8,9)(H,6,7,10);1-2H,(H,6,10)(H,8,9);1-2H,(H,7,10)(H,8,9);1-2H,(H,6,10)(H,8,9);1-2H,(H,7,10)(H,8,9);1H,(H,8,9)(H,5,6,7,10);1H,(H,8,9)(H,6,7,10);1H,(H,7,10)(H,8,9);2*1H,(H,8,9)(H,5,6,10). The summed E-state index contributed by atoms with van der Waals surface area (Å²) in [5, 5.41) is 176. The van der Waals surface area contributed by atoms with Gasteiger partial charge in [0.05, 0.1) is 81.9 Å². The minimum absolute atomic E-state index is 0.00849. The van der Waals surface area contributed by atoms with E-state index in [0.717, 1.165) is 18.7 Å². The molecule has 0 radical (unpaired) electrons. The van der Waals surface area contributed by atoms with Crippen LogP contribution in [-0.4, -0.2) is 323 Å². The van der Waals surface area contributed by atoms with Gasteiger partial charge in [0.2, 0.25) is 10.6 Å². The second kappa shape index (κ2) is 70.6. The minimum atomic E-state index is -1.15. The van der Waals surface area contributed by atoms with E-state index in [1.165, 1.54) is 124 Å². The molecule has 15 aromatic heterocycles. The Morgan fingerprint density at radius 1 is 0.313 bits per heavy atom. The van der Waals surface area contributed by atoms with Gasteiger partial charge in [-0.25, -0.2) is 117 Å². The number of carboxylic acids is 15. The van der Waals surface area contributed by atoms with Gasteiger partial charge in [-0.3, -0.25) is 30.5 Å². The Bertz CT molecular complexity index is 6910. The first-order chi connectivity index (χ1) is 70.7. The molecule has 0 saturated carbocycles. The van der Waals surface area contributed by atoms with Crippen molar-refractivity contribution in [2.24, 2.45) is 0 Å². The Labute approximate surface area is 905 Å². The topological polar surface area (TPSA) is 994 Å². The van der Waals surface area contributed by atoms with E-state index in [1.54, 1.807) is 36.7 Å². The van der Waals surface area contributed by atoms with Crippen LogP contribution in [0.25, 0.3) is 0 Å². The lowest BCUT2D eigenvalue weighted by Crippen LogP contribution is -2.03. The zero-order chi connectivity index (χ0) is 113. The van der Waals surface area contributed by atoms with Crippen LogP contribution in [0.3, 0.4) is 0 Å². The smallest absolute Gasteiger partial charge is 0.372 e. The van der Waals surface area contributed by atoms with Gasteiger partial charge in [0, 0.05) is 96.4 Å². The first-order valence-corrected chi connectivity index (χ1v) is 43.3. The van der Waals surface area contributed by atoms with Crippen LogP contribution in [0.5, 0.6) is 0 Å². The van der Waals surface area contributed by atoms with E-state index in [0.29, 0.717) is 14.3 Å². The largest absolute Gasteiger partial charge is 0.478 e. The van der Waals surface area contributed by atoms with Crippen molar-refractivity contribution in [2.45, 2.75) is 14.7 Å². The number of hydrogen-bond acceptors (Lipinski definition) is 49. The molecule has 0 unspecified atom stereocenters. The van der Waals surface area contributed by atoms with Gasteiger partial charge in [0.25, 0.3) is 0 Å². The number of carbonyl (C=O) groups is 15. The van der Waals surface area contributed by atoms with Gasteiger partial charge in [-0.2, -0.15) is 30.7 Å². The molecule has 0 amide bonds. The number of rotatable bonds is 15. The minimum Gasteiger partial charge on any atom is -0.478 e. The first-order valence-electron chi connectivity index (χ1n) is 37.0. The van der Waals surface area contributed by atoms with E-state index in [1.807, 2.05) is 0 Å². The van der Waals surface area contributed by atoms with E-state index >= 15 is 0 Å². The fourth-order valence-electron chi connectivity index (χ4n) is 7.43. The maximum absolute atomic E-state index is 10.3.